The topological polar surface area (TPSA) is 24.9 Å². The molecule has 0 heterocycles. The molecule has 0 saturated heterocycles. The van der Waals surface area contributed by atoms with E-state index in [1.807, 2.05) is 0 Å². The van der Waals surface area contributed by atoms with Gasteiger partial charge in [0.1, 0.15) is 0 Å². The van der Waals surface area contributed by atoms with Crippen LogP contribution in [0.1, 0.15) is 194 Å². The number of unbranched alkanes of at least 4 members (excludes halogenated alkanes) is 24. The second kappa shape index (κ2) is 39.1. The predicted molar refractivity (Wildman–Crippen MR) is 215 cm³/mol. The summed E-state index contributed by atoms with van der Waals surface area (Å²) >= 11 is 0. The van der Waals surface area contributed by atoms with Crippen LogP contribution < -0.4 is 0 Å². The molecule has 0 saturated carbocycles. The molecule has 0 aliphatic carbocycles. The zero-order valence-corrected chi connectivity index (χ0v) is 33.8. The Balaban J connectivity index is 3.98. The van der Waals surface area contributed by atoms with Crippen LogP contribution in [0.3, 0.4) is 0 Å². The second-order valence-electron chi connectivity index (χ2n) is 15.2. The number of hydrogen-bond acceptors (Lipinski definition) is 4. The van der Waals surface area contributed by atoms with Gasteiger partial charge in [-0.3, -0.25) is 0 Å². The van der Waals surface area contributed by atoms with Gasteiger partial charge in [0, 0.05) is 26.3 Å². The molecular formula is C44H88N2O2. The lowest BCUT2D eigenvalue weighted by molar-refractivity contribution is -0.0889. The van der Waals surface area contributed by atoms with Gasteiger partial charge in [-0.15, -0.1) is 0 Å². The Morgan fingerprint density at radius 1 is 0.354 bits per heavy atom. The summed E-state index contributed by atoms with van der Waals surface area (Å²) in [4.78, 5) is 4.51. The second-order valence-corrected chi connectivity index (χ2v) is 15.2. The molecule has 2 unspecified atom stereocenters. The Bertz CT molecular complexity index is 606. The summed E-state index contributed by atoms with van der Waals surface area (Å²) < 4.78 is 13.0. The van der Waals surface area contributed by atoms with Crippen LogP contribution in [-0.2, 0) is 9.47 Å². The van der Waals surface area contributed by atoms with E-state index in [0.29, 0.717) is 0 Å². The molecule has 4 nitrogen and oxygen atoms in total. The van der Waals surface area contributed by atoms with E-state index >= 15 is 0 Å². The first-order valence-corrected chi connectivity index (χ1v) is 21.3. The van der Waals surface area contributed by atoms with Gasteiger partial charge in [-0.25, -0.2) is 0 Å². The third kappa shape index (κ3) is 36.6. The molecule has 0 rings (SSSR count). The molecular weight excluding hydrogens is 588 g/mol. The average molecular weight is 677 g/mol. The monoisotopic (exact) mass is 677 g/mol. The highest BCUT2D eigenvalue weighted by Gasteiger charge is 2.24. The molecule has 0 aromatic heterocycles. The Morgan fingerprint density at radius 2 is 0.604 bits per heavy atom. The molecule has 286 valence electrons. The van der Waals surface area contributed by atoms with E-state index in [1.165, 1.54) is 167 Å². The molecule has 0 fully saturated rings. The van der Waals surface area contributed by atoms with Gasteiger partial charge in [0.2, 0.25) is 0 Å². The molecule has 4 heteroatoms. The fraction of sp³-hybridized carbons (Fsp3) is 0.909. The maximum Gasteiger partial charge on any atom is 0.0975 e. The zero-order valence-electron chi connectivity index (χ0n) is 33.8. The maximum absolute atomic E-state index is 6.51. The summed E-state index contributed by atoms with van der Waals surface area (Å²) in [5.74, 6) is 0. The summed E-state index contributed by atoms with van der Waals surface area (Å²) in [5.41, 5.74) is 0. The number of nitrogens with zero attached hydrogens (tertiary/aromatic N) is 2. The largest absolute Gasteiger partial charge is 0.374 e. The Hall–Kier alpha value is -0.680. The molecule has 0 bridgehead atoms. The van der Waals surface area contributed by atoms with Gasteiger partial charge in [0.05, 0.1) is 12.2 Å². The minimum absolute atomic E-state index is 0.125. The Morgan fingerprint density at radius 3 is 0.875 bits per heavy atom. The van der Waals surface area contributed by atoms with Crippen LogP contribution in [-0.4, -0.2) is 76.5 Å². The number of hydrogen-bond donors (Lipinski definition) is 0. The van der Waals surface area contributed by atoms with Crippen molar-refractivity contribution >= 4 is 0 Å². The van der Waals surface area contributed by atoms with Crippen LogP contribution >= 0.6 is 0 Å². The first kappa shape index (κ1) is 47.3. The van der Waals surface area contributed by atoms with E-state index in [9.17, 15) is 0 Å². The van der Waals surface area contributed by atoms with Crippen molar-refractivity contribution in [2.45, 2.75) is 206 Å². The Labute approximate surface area is 303 Å². The quantitative estimate of drug-likeness (QED) is 0.0478. The summed E-state index contributed by atoms with van der Waals surface area (Å²) in [7, 11) is 8.60. The molecule has 0 amide bonds. The molecule has 2 atom stereocenters. The van der Waals surface area contributed by atoms with Crippen LogP contribution in [0.2, 0.25) is 0 Å². The smallest absolute Gasteiger partial charge is 0.0975 e. The van der Waals surface area contributed by atoms with E-state index in [-0.39, 0.29) is 12.2 Å². The molecule has 0 aliphatic heterocycles. The highest BCUT2D eigenvalue weighted by Crippen LogP contribution is 2.14. The van der Waals surface area contributed by atoms with E-state index in [2.05, 4.69) is 76.1 Å². The minimum Gasteiger partial charge on any atom is -0.374 e. The van der Waals surface area contributed by atoms with Crippen molar-refractivity contribution in [3.8, 4) is 0 Å². The standard InChI is InChI=1S/C44H88N2O2/c1-7-9-11-13-15-17-19-21-23-25-27-29-31-33-35-37-39-47-43(41-45(3)4)44(42-46(5)6)48-40-38-36-34-32-30-28-26-24-22-20-18-16-14-12-10-8-2/h21-24,43-44H,7-20,25-42H2,1-6H3. The molecule has 0 spiro atoms. The summed E-state index contributed by atoms with van der Waals surface area (Å²) in [6, 6.07) is 0. The van der Waals surface area contributed by atoms with Crippen molar-refractivity contribution in [3.63, 3.8) is 0 Å². The highest BCUT2D eigenvalue weighted by molar-refractivity contribution is 4.82. The minimum atomic E-state index is 0.125. The summed E-state index contributed by atoms with van der Waals surface area (Å²) in [5, 5.41) is 0. The third-order valence-electron chi connectivity index (χ3n) is 9.48. The SMILES string of the molecule is CCCCCCCCC=CCCCCCCCCOC(CN(C)C)C(CN(C)C)OCCCCCCCCC=CCCCCCCCC. The van der Waals surface area contributed by atoms with E-state index in [1.54, 1.807) is 0 Å². The highest BCUT2D eigenvalue weighted by atomic mass is 16.5. The molecule has 0 N–H and O–H groups in total. The van der Waals surface area contributed by atoms with Gasteiger partial charge >= 0.3 is 0 Å². The predicted octanol–water partition coefficient (Wildman–Crippen LogP) is 13.0. The molecule has 0 aromatic rings. The van der Waals surface area contributed by atoms with E-state index < -0.39 is 0 Å². The third-order valence-corrected chi connectivity index (χ3v) is 9.48. The molecule has 0 aromatic carbocycles. The fourth-order valence-corrected chi connectivity index (χ4v) is 6.44. The lowest BCUT2D eigenvalue weighted by Gasteiger charge is -2.31. The number of rotatable bonds is 39. The lowest BCUT2D eigenvalue weighted by atomic mass is 10.1. The molecule has 0 aliphatic rings. The van der Waals surface area contributed by atoms with Gasteiger partial charge in [0.15, 0.2) is 0 Å². The van der Waals surface area contributed by atoms with Gasteiger partial charge in [-0.05, 0) is 92.4 Å². The van der Waals surface area contributed by atoms with Crippen molar-refractivity contribution in [2.24, 2.45) is 0 Å². The van der Waals surface area contributed by atoms with Crippen LogP contribution in [0.15, 0.2) is 24.3 Å². The van der Waals surface area contributed by atoms with Crippen LogP contribution in [0.4, 0.5) is 0 Å². The van der Waals surface area contributed by atoms with E-state index in [0.717, 1.165) is 39.1 Å². The number of ether oxygens (including phenoxy) is 2. The normalized spacial score (nSPS) is 13.6. The maximum atomic E-state index is 6.51. The van der Waals surface area contributed by atoms with Crippen LogP contribution in [0, 0.1) is 0 Å². The van der Waals surface area contributed by atoms with Gasteiger partial charge in [-0.2, -0.15) is 0 Å². The van der Waals surface area contributed by atoms with Crippen LogP contribution in [0.5, 0.6) is 0 Å². The van der Waals surface area contributed by atoms with Crippen molar-refractivity contribution in [2.75, 3.05) is 54.5 Å². The first-order chi connectivity index (χ1) is 23.5. The van der Waals surface area contributed by atoms with Crippen molar-refractivity contribution in [1.82, 2.24) is 9.80 Å². The number of allylic oxidation sites excluding steroid dienone is 4. The van der Waals surface area contributed by atoms with Gasteiger partial charge < -0.3 is 19.3 Å². The summed E-state index contributed by atoms with van der Waals surface area (Å²) in [6.07, 6.45) is 47.4. The molecule has 48 heavy (non-hydrogen) atoms. The number of likely N-dealkylation sites (N-methyl/N-ethyl adjacent to an activating group) is 2. The Kier molecular flexibility index (Phi) is 38.6. The van der Waals surface area contributed by atoms with Gasteiger partial charge in [0.25, 0.3) is 0 Å². The van der Waals surface area contributed by atoms with Crippen molar-refractivity contribution in [3.05, 3.63) is 24.3 Å². The van der Waals surface area contributed by atoms with Crippen molar-refractivity contribution < 1.29 is 9.47 Å². The summed E-state index contributed by atoms with van der Waals surface area (Å²) in [6.45, 7) is 8.11. The molecule has 0 radical (unpaired) electrons. The average Bonchev–Trinajstić information content (AvgIpc) is 3.06. The first-order valence-electron chi connectivity index (χ1n) is 21.3. The van der Waals surface area contributed by atoms with Crippen molar-refractivity contribution in [1.29, 1.82) is 0 Å². The van der Waals surface area contributed by atoms with Crippen LogP contribution in [0.25, 0.3) is 0 Å². The van der Waals surface area contributed by atoms with Gasteiger partial charge in [-0.1, -0.05) is 154 Å². The van der Waals surface area contributed by atoms with E-state index in [4.69, 9.17) is 9.47 Å². The lowest BCUT2D eigenvalue weighted by Crippen LogP contribution is -2.45. The fourth-order valence-electron chi connectivity index (χ4n) is 6.44. The zero-order chi connectivity index (χ0) is 35.2.